The Labute approximate surface area is 115 Å². The summed E-state index contributed by atoms with van der Waals surface area (Å²) in [5.41, 5.74) is 0.963. The molecule has 3 N–H and O–H groups in total. The molecule has 2 unspecified atom stereocenters. The maximum Gasteiger partial charge on any atom is 0.238 e. The minimum absolute atomic E-state index is 0.184. The van der Waals surface area contributed by atoms with Gasteiger partial charge in [0, 0.05) is 12.6 Å². The van der Waals surface area contributed by atoms with Gasteiger partial charge < -0.3 is 5.32 Å². The van der Waals surface area contributed by atoms with Crippen molar-refractivity contribution in [3.63, 3.8) is 0 Å². The highest BCUT2D eigenvalue weighted by atomic mass is 32.2. The highest BCUT2D eigenvalue weighted by Gasteiger charge is 2.18. The first-order valence-corrected chi connectivity index (χ1v) is 8.35. The summed E-state index contributed by atoms with van der Waals surface area (Å²) in [6, 6.07) is 7.38. The van der Waals surface area contributed by atoms with Crippen molar-refractivity contribution in [1.82, 2.24) is 5.32 Å². The highest BCUT2D eigenvalue weighted by molar-refractivity contribution is 7.89. The van der Waals surface area contributed by atoms with Gasteiger partial charge in [0.05, 0.1) is 4.90 Å². The highest BCUT2D eigenvalue weighted by Crippen LogP contribution is 2.23. The van der Waals surface area contributed by atoms with E-state index in [1.165, 1.54) is 31.7 Å². The fourth-order valence-electron chi connectivity index (χ4n) is 2.71. The second-order valence-electron chi connectivity index (χ2n) is 5.54. The Balaban J connectivity index is 1.96. The molecule has 0 heterocycles. The van der Waals surface area contributed by atoms with Crippen molar-refractivity contribution in [1.29, 1.82) is 0 Å². The molecule has 0 amide bonds. The van der Waals surface area contributed by atoms with E-state index in [9.17, 15) is 8.42 Å². The summed E-state index contributed by atoms with van der Waals surface area (Å²) >= 11 is 0. The van der Waals surface area contributed by atoms with Crippen molar-refractivity contribution in [2.45, 2.75) is 50.1 Å². The minimum Gasteiger partial charge on any atom is -0.310 e. The number of nitrogens with one attached hydrogen (secondary N) is 1. The Bertz CT molecular complexity index is 528. The fourth-order valence-corrected chi connectivity index (χ4v) is 3.30. The van der Waals surface area contributed by atoms with E-state index in [1.807, 2.05) is 6.07 Å². The zero-order chi connectivity index (χ0) is 13.9. The van der Waals surface area contributed by atoms with Gasteiger partial charge in [-0.15, -0.1) is 0 Å². The zero-order valence-electron chi connectivity index (χ0n) is 11.3. The summed E-state index contributed by atoms with van der Waals surface area (Å²) in [6.07, 6.45) is 5.00. The quantitative estimate of drug-likeness (QED) is 0.887. The van der Waals surface area contributed by atoms with Gasteiger partial charge in [-0.05, 0) is 36.5 Å². The van der Waals surface area contributed by atoms with E-state index in [0.717, 1.165) is 11.5 Å². The van der Waals surface area contributed by atoms with Crippen LogP contribution >= 0.6 is 0 Å². The SMILES string of the molecule is CC1CCCC(NCc2cccc(S(N)(=O)=O)c2)C1. The Morgan fingerprint density at radius 3 is 2.84 bits per heavy atom. The molecule has 0 radical (unpaired) electrons. The molecule has 5 heteroatoms. The first-order valence-electron chi connectivity index (χ1n) is 6.80. The van der Waals surface area contributed by atoms with Crippen LogP contribution in [0.5, 0.6) is 0 Å². The maximum atomic E-state index is 11.3. The third kappa shape index (κ3) is 4.30. The number of hydrogen-bond acceptors (Lipinski definition) is 3. The van der Waals surface area contributed by atoms with E-state index >= 15 is 0 Å². The Kier molecular flexibility index (Phi) is 4.60. The van der Waals surface area contributed by atoms with Crippen LogP contribution in [-0.4, -0.2) is 14.5 Å². The van der Waals surface area contributed by atoms with Gasteiger partial charge in [0.15, 0.2) is 0 Å². The van der Waals surface area contributed by atoms with Crippen molar-refractivity contribution < 1.29 is 8.42 Å². The number of primary sulfonamides is 1. The summed E-state index contributed by atoms with van der Waals surface area (Å²) in [5.74, 6) is 0.780. The van der Waals surface area contributed by atoms with Crippen molar-refractivity contribution in [2.75, 3.05) is 0 Å². The largest absolute Gasteiger partial charge is 0.310 e. The molecule has 1 aromatic rings. The van der Waals surface area contributed by atoms with E-state index in [4.69, 9.17) is 5.14 Å². The van der Waals surface area contributed by atoms with Crippen LogP contribution in [0.4, 0.5) is 0 Å². The third-order valence-corrected chi connectivity index (χ3v) is 4.67. The monoisotopic (exact) mass is 282 g/mol. The summed E-state index contributed by atoms with van der Waals surface area (Å²) in [5, 5.41) is 8.65. The van der Waals surface area contributed by atoms with Crippen molar-refractivity contribution >= 4 is 10.0 Å². The molecule has 0 bridgehead atoms. The predicted molar refractivity (Wildman–Crippen MR) is 76.1 cm³/mol. The standard InChI is InChI=1S/C14H22N2O2S/c1-11-4-2-6-13(8-11)16-10-12-5-3-7-14(9-12)19(15,17)18/h3,5,7,9,11,13,16H,2,4,6,8,10H2,1H3,(H2,15,17,18). The summed E-state index contributed by atoms with van der Waals surface area (Å²) in [4.78, 5) is 0.184. The van der Waals surface area contributed by atoms with Crippen LogP contribution in [0.25, 0.3) is 0 Å². The average molecular weight is 282 g/mol. The molecule has 0 aliphatic heterocycles. The molecular formula is C14H22N2O2S. The van der Waals surface area contributed by atoms with Crippen LogP contribution in [0, 0.1) is 5.92 Å². The summed E-state index contributed by atoms with van der Waals surface area (Å²) < 4.78 is 22.6. The molecule has 0 aromatic heterocycles. The van der Waals surface area contributed by atoms with Gasteiger partial charge in [0.25, 0.3) is 0 Å². The van der Waals surface area contributed by atoms with Gasteiger partial charge in [0.1, 0.15) is 0 Å². The van der Waals surface area contributed by atoms with E-state index in [0.29, 0.717) is 12.6 Å². The van der Waals surface area contributed by atoms with E-state index in [-0.39, 0.29) is 4.90 Å². The lowest BCUT2D eigenvalue weighted by Crippen LogP contribution is -2.33. The topological polar surface area (TPSA) is 72.2 Å². The molecule has 106 valence electrons. The molecule has 2 atom stereocenters. The van der Waals surface area contributed by atoms with Gasteiger partial charge >= 0.3 is 0 Å². The van der Waals surface area contributed by atoms with Gasteiger partial charge in [-0.1, -0.05) is 31.9 Å². The lowest BCUT2D eigenvalue weighted by molar-refractivity contribution is 0.300. The first kappa shape index (κ1) is 14.5. The summed E-state index contributed by atoms with van der Waals surface area (Å²) in [7, 11) is -3.61. The van der Waals surface area contributed by atoms with Crippen molar-refractivity contribution in [2.24, 2.45) is 11.1 Å². The smallest absolute Gasteiger partial charge is 0.238 e. The maximum absolute atomic E-state index is 11.3. The molecule has 0 saturated heterocycles. The van der Waals surface area contributed by atoms with Gasteiger partial charge in [0.2, 0.25) is 10.0 Å². The van der Waals surface area contributed by atoms with Gasteiger partial charge in [-0.3, -0.25) is 0 Å². The van der Waals surface area contributed by atoms with Crippen LogP contribution in [-0.2, 0) is 16.6 Å². The lowest BCUT2D eigenvalue weighted by atomic mass is 9.87. The van der Waals surface area contributed by atoms with Gasteiger partial charge in [-0.2, -0.15) is 0 Å². The predicted octanol–water partition coefficient (Wildman–Crippen LogP) is 2.00. The zero-order valence-corrected chi connectivity index (χ0v) is 12.1. The van der Waals surface area contributed by atoms with E-state index < -0.39 is 10.0 Å². The normalized spacial score (nSPS) is 24.3. The fraction of sp³-hybridized carbons (Fsp3) is 0.571. The van der Waals surface area contributed by atoms with Crippen LogP contribution < -0.4 is 10.5 Å². The van der Waals surface area contributed by atoms with Crippen LogP contribution in [0.2, 0.25) is 0 Å². The molecule has 1 fully saturated rings. The van der Waals surface area contributed by atoms with Crippen LogP contribution in [0.1, 0.15) is 38.2 Å². The van der Waals surface area contributed by atoms with Gasteiger partial charge in [-0.25, -0.2) is 13.6 Å². The molecule has 1 saturated carbocycles. The van der Waals surface area contributed by atoms with Crippen molar-refractivity contribution in [3.05, 3.63) is 29.8 Å². The Morgan fingerprint density at radius 2 is 2.16 bits per heavy atom. The second kappa shape index (κ2) is 6.03. The van der Waals surface area contributed by atoms with Crippen LogP contribution in [0.3, 0.4) is 0 Å². The summed E-state index contributed by atoms with van der Waals surface area (Å²) in [6.45, 7) is 2.98. The van der Waals surface area contributed by atoms with E-state index in [1.54, 1.807) is 12.1 Å². The molecule has 1 aliphatic carbocycles. The Hall–Kier alpha value is -0.910. The first-order chi connectivity index (χ1) is 8.95. The molecule has 4 nitrogen and oxygen atoms in total. The second-order valence-corrected chi connectivity index (χ2v) is 7.10. The molecule has 0 spiro atoms. The molecule has 2 rings (SSSR count). The number of benzene rings is 1. The molecular weight excluding hydrogens is 260 g/mol. The third-order valence-electron chi connectivity index (χ3n) is 3.76. The number of nitrogens with two attached hydrogens (primary N) is 1. The molecule has 1 aromatic carbocycles. The molecule has 1 aliphatic rings. The van der Waals surface area contributed by atoms with E-state index in [2.05, 4.69) is 12.2 Å². The minimum atomic E-state index is -3.61. The van der Waals surface area contributed by atoms with Crippen molar-refractivity contribution in [3.8, 4) is 0 Å². The average Bonchev–Trinajstić information content (AvgIpc) is 2.36. The number of hydrogen-bond donors (Lipinski definition) is 2. The van der Waals surface area contributed by atoms with Crippen LogP contribution in [0.15, 0.2) is 29.2 Å². The molecule has 19 heavy (non-hydrogen) atoms. The number of sulfonamides is 1. The Morgan fingerprint density at radius 1 is 1.37 bits per heavy atom. The lowest BCUT2D eigenvalue weighted by Gasteiger charge is -2.27. The number of rotatable bonds is 4.